The molecule has 0 radical (unpaired) electrons. The van der Waals surface area contributed by atoms with Gasteiger partial charge in [-0.3, -0.25) is 4.79 Å². The first-order valence-corrected chi connectivity index (χ1v) is 7.02. The van der Waals surface area contributed by atoms with Crippen LogP contribution < -0.4 is 11.1 Å². The lowest BCUT2D eigenvalue weighted by molar-refractivity contribution is -0.116. The molecule has 0 aliphatic carbocycles. The number of carbonyl (C=O) groups excluding carboxylic acids is 1. The van der Waals surface area contributed by atoms with Gasteiger partial charge in [-0.15, -0.1) is 23.7 Å². The topological polar surface area (TPSA) is 68.0 Å². The van der Waals surface area contributed by atoms with E-state index in [1.54, 1.807) is 29.7 Å². The average Bonchev–Trinajstić information content (AvgIpc) is 2.78. The Hall–Kier alpha value is -1.59. The van der Waals surface area contributed by atoms with E-state index in [1.807, 2.05) is 0 Å². The second-order valence-corrected chi connectivity index (χ2v) is 5.76. The maximum Gasteiger partial charge on any atom is 0.224 e. The largest absolute Gasteiger partial charge is 0.384 e. The standard InChI is InChI=1S/C14H17N3OS.ClH/c1-10-5-7-12(19-10)3-2-4-14(18)17-11-6-8-13(15)16-9-11;/h5-9H,2-4H2,1H3,(H2,15,16)(H,17,18);1H. The number of halogens is 1. The molecule has 4 nitrogen and oxygen atoms in total. The number of anilines is 2. The monoisotopic (exact) mass is 311 g/mol. The Morgan fingerprint density at radius 3 is 2.75 bits per heavy atom. The third kappa shape index (κ3) is 5.19. The molecule has 3 N–H and O–H groups in total. The summed E-state index contributed by atoms with van der Waals surface area (Å²) in [6.45, 7) is 2.09. The van der Waals surface area contributed by atoms with Gasteiger partial charge in [0.2, 0.25) is 5.91 Å². The number of aromatic nitrogens is 1. The van der Waals surface area contributed by atoms with Crippen LogP contribution in [-0.2, 0) is 11.2 Å². The molecule has 1 amide bonds. The van der Waals surface area contributed by atoms with E-state index in [1.165, 1.54) is 9.75 Å². The molecule has 0 bridgehead atoms. The van der Waals surface area contributed by atoms with Crippen LogP contribution in [0.3, 0.4) is 0 Å². The average molecular weight is 312 g/mol. The SMILES string of the molecule is Cc1ccc(CCCC(=O)Nc2ccc(N)nc2)s1.Cl. The number of aryl methyl sites for hydroxylation is 2. The van der Waals surface area contributed by atoms with Crippen molar-refractivity contribution in [2.75, 3.05) is 11.1 Å². The number of nitrogens with one attached hydrogen (secondary N) is 1. The second kappa shape index (κ2) is 7.87. The summed E-state index contributed by atoms with van der Waals surface area (Å²) in [4.78, 5) is 18.3. The van der Waals surface area contributed by atoms with Crippen LogP contribution >= 0.6 is 23.7 Å². The molecule has 2 aromatic heterocycles. The molecule has 0 saturated carbocycles. The minimum absolute atomic E-state index is 0. The molecule has 20 heavy (non-hydrogen) atoms. The van der Waals surface area contributed by atoms with E-state index in [0.717, 1.165) is 12.8 Å². The van der Waals surface area contributed by atoms with Gasteiger partial charge < -0.3 is 11.1 Å². The van der Waals surface area contributed by atoms with Crippen molar-refractivity contribution in [3.8, 4) is 0 Å². The Balaban J connectivity index is 0.00000200. The van der Waals surface area contributed by atoms with E-state index in [2.05, 4.69) is 29.4 Å². The minimum Gasteiger partial charge on any atom is -0.384 e. The van der Waals surface area contributed by atoms with Crippen molar-refractivity contribution in [1.29, 1.82) is 0 Å². The number of carbonyl (C=O) groups is 1. The number of nitrogens with zero attached hydrogens (tertiary/aromatic N) is 1. The molecule has 6 heteroatoms. The zero-order valence-electron chi connectivity index (χ0n) is 11.3. The van der Waals surface area contributed by atoms with E-state index in [0.29, 0.717) is 17.9 Å². The summed E-state index contributed by atoms with van der Waals surface area (Å²) in [5.74, 6) is 0.464. The highest BCUT2D eigenvalue weighted by atomic mass is 35.5. The van der Waals surface area contributed by atoms with Gasteiger partial charge in [-0.05, 0) is 44.0 Å². The second-order valence-electron chi connectivity index (χ2n) is 4.39. The lowest BCUT2D eigenvalue weighted by atomic mass is 10.2. The van der Waals surface area contributed by atoms with E-state index in [9.17, 15) is 4.79 Å². The van der Waals surface area contributed by atoms with Crippen LogP contribution in [0.1, 0.15) is 22.6 Å². The van der Waals surface area contributed by atoms with Gasteiger partial charge in [0.1, 0.15) is 5.82 Å². The summed E-state index contributed by atoms with van der Waals surface area (Å²) in [5, 5.41) is 2.81. The Morgan fingerprint density at radius 2 is 2.15 bits per heavy atom. The molecular weight excluding hydrogens is 294 g/mol. The van der Waals surface area contributed by atoms with Crippen molar-refractivity contribution in [2.45, 2.75) is 26.2 Å². The van der Waals surface area contributed by atoms with Crippen LogP contribution in [-0.4, -0.2) is 10.9 Å². The predicted octanol–water partition coefficient (Wildman–Crippen LogP) is 3.42. The molecule has 0 aliphatic heterocycles. The third-order valence-electron chi connectivity index (χ3n) is 2.69. The quantitative estimate of drug-likeness (QED) is 0.889. The minimum atomic E-state index is 0. The van der Waals surface area contributed by atoms with Crippen molar-refractivity contribution in [1.82, 2.24) is 4.98 Å². The van der Waals surface area contributed by atoms with Crippen molar-refractivity contribution in [3.63, 3.8) is 0 Å². The first-order valence-electron chi connectivity index (χ1n) is 6.20. The first kappa shape index (κ1) is 16.5. The van der Waals surface area contributed by atoms with Crippen LogP contribution in [0.4, 0.5) is 11.5 Å². The highest BCUT2D eigenvalue weighted by molar-refractivity contribution is 7.11. The van der Waals surface area contributed by atoms with Gasteiger partial charge in [-0.2, -0.15) is 0 Å². The van der Waals surface area contributed by atoms with Crippen molar-refractivity contribution >= 4 is 41.2 Å². The molecule has 2 rings (SSSR count). The van der Waals surface area contributed by atoms with E-state index in [-0.39, 0.29) is 18.3 Å². The zero-order valence-corrected chi connectivity index (χ0v) is 12.9. The number of rotatable bonds is 5. The van der Waals surface area contributed by atoms with Gasteiger partial charge in [0.05, 0.1) is 11.9 Å². The number of pyridine rings is 1. The number of nitrogens with two attached hydrogens (primary N) is 1. The van der Waals surface area contributed by atoms with Gasteiger partial charge in [-0.1, -0.05) is 0 Å². The summed E-state index contributed by atoms with van der Waals surface area (Å²) in [7, 11) is 0. The Morgan fingerprint density at radius 1 is 1.35 bits per heavy atom. The fourth-order valence-corrected chi connectivity index (χ4v) is 2.68. The summed E-state index contributed by atoms with van der Waals surface area (Å²) in [6.07, 6.45) is 3.89. The van der Waals surface area contributed by atoms with E-state index in [4.69, 9.17) is 5.73 Å². The fourth-order valence-electron chi connectivity index (χ4n) is 1.75. The van der Waals surface area contributed by atoms with Crippen LogP contribution in [0.15, 0.2) is 30.5 Å². The molecule has 0 unspecified atom stereocenters. The summed E-state index contributed by atoms with van der Waals surface area (Å²) in [6, 6.07) is 7.66. The molecule has 0 fully saturated rings. The molecule has 0 saturated heterocycles. The first-order chi connectivity index (χ1) is 9.13. The lowest BCUT2D eigenvalue weighted by Gasteiger charge is -2.04. The van der Waals surface area contributed by atoms with Crippen molar-refractivity contribution in [2.24, 2.45) is 0 Å². The number of nitrogen functional groups attached to an aromatic ring is 1. The van der Waals surface area contributed by atoms with Crippen LogP contribution in [0.5, 0.6) is 0 Å². The smallest absolute Gasteiger partial charge is 0.224 e. The van der Waals surface area contributed by atoms with Crippen LogP contribution in [0.2, 0.25) is 0 Å². The number of hydrogen-bond donors (Lipinski definition) is 2. The van der Waals surface area contributed by atoms with E-state index < -0.39 is 0 Å². The molecule has 0 aliphatic rings. The lowest BCUT2D eigenvalue weighted by Crippen LogP contribution is -2.11. The summed E-state index contributed by atoms with van der Waals surface area (Å²) < 4.78 is 0. The van der Waals surface area contributed by atoms with Crippen molar-refractivity contribution < 1.29 is 4.79 Å². The zero-order chi connectivity index (χ0) is 13.7. The predicted molar refractivity (Wildman–Crippen MR) is 86.5 cm³/mol. The molecule has 0 atom stereocenters. The molecule has 0 spiro atoms. The highest BCUT2D eigenvalue weighted by Gasteiger charge is 2.04. The van der Waals surface area contributed by atoms with Crippen molar-refractivity contribution in [3.05, 3.63) is 40.2 Å². The van der Waals surface area contributed by atoms with Gasteiger partial charge >= 0.3 is 0 Å². The van der Waals surface area contributed by atoms with Gasteiger partial charge in [0.15, 0.2) is 0 Å². The third-order valence-corrected chi connectivity index (χ3v) is 3.75. The maximum absolute atomic E-state index is 11.7. The molecule has 2 heterocycles. The maximum atomic E-state index is 11.7. The summed E-state index contributed by atoms with van der Waals surface area (Å²) in [5.41, 5.74) is 6.17. The molecule has 2 aromatic rings. The molecule has 108 valence electrons. The number of amides is 1. The number of hydrogen-bond acceptors (Lipinski definition) is 4. The highest BCUT2D eigenvalue weighted by Crippen LogP contribution is 2.17. The van der Waals surface area contributed by atoms with E-state index >= 15 is 0 Å². The van der Waals surface area contributed by atoms with Gasteiger partial charge in [0.25, 0.3) is 0 Å². The van der Waals surface area contributed by atoms with Crippen LogP contribution in [0.25, 0.3) is 0 Å². The van der Waals surface area contributed by atoms with Gasteiger partial charge in [0, 0.05) is 16.2 Å². The van der Waals surface area contributed by atoms with Crippen LogP contribution in [0, 0.1) is 6.92 Å². The molecule has 0 aromatic carbocycles. The summed E-state index contributed by atoms with van der Waals surface area (Å²) >= 11 is 1.79. The molecular formula is C14H18ClN3OS. The number of thiophene rings is 1. The van der Waals surface area contributed by atoms with Gasteiger partial charge in [-0.25, -0.2) is 4.98 Å². The Labute approximate surface area is 128 Å². The Kier molecular flexibility index (Phi) is 6.48. The normalized spacial score (nSPS) is 9.85. The fraction of sp³-hybridized carbons (Fsp3) is 0.286. The Bertz CT molecular complexity index is 554.